The molecule has 0 fully saturated rings. The number of hydrogen-bond acceptors (Lipinski definition) is 3. The van der Waals surface area contributed by atoms with E-state index in [1.54, 1.807) is 6.21 Å². The number of aryl methyl sites for hydroxylation is 1. The van der Waals surface area contributed by atoms with Crippen LogP contribution in [-0.4, -0.2) is 23.7 Å². The number of carbonyl (C=O) groups is 1. The molecule has 140 valence electrons. The molecule has 1 heterocycles. The number of amides is 1. The molecule has 28 heavy (non-hydrogen) atoms. The van der Waals surface area contributed by atoms with Crippen molar-refractivity contribution in [1.82, 2.24) is 10.4 Å². The highest BCUT2D eigenvalue weighted by molar-refractivity contribution is 9.10. The molecule has 0 unspecified atom stereocenters. The molecule has 1 amide bonds. The highest BCUT2D eigenvalue weighted by atomic mass is 79.9. The number of ether oxygens (including phenoxy) is 1. The second-order valence-corrected chi connectivity index (χ2v) is 7.18. The summed E-state index contributed by atoms with van der Waals surface area (Å²) in [6.45, 7) is 1.85. The maximum Gasteiger partial charge on any atom is 0.277 e. The molecular formula is C22H18BrN3O2. The number of benzene rings is 3. The highest BCUT2D eigenvalue weighted by Crippen LogP contribution is 2.32. The first-order valence-corrected chi connectivity index (χ1v) is 9.62. The van der Waals surface area contributed by atoms with Crippen molar-refractivity contribution in [2.75, 3.05) is 6.61 Å². The number of halogens is 1. The lowest BCUT2D eigenvalue weighted by molar-refractivity contribution is -0.123. The van der Waals surface area contributed by atoms with Crippen LogP contribution in [0.3, 0.4) is 0 Å². The molecule has 6 heteroatoms. The third kappa shape index (κ3) is 3.64. The van der Waals surface area contributed by atoms with E-state index in [0.29, 0.717) is 5.75 Å². The molecule has 0 saturated heterocycles. The minimum absolute atomic E-state index is 0.124. The van der Waals surface area contributed by atoms with E-state index < -0.39 is 0 Å². The first kappa shape index (κ1) is 18.3. The summed E-state index contributed by atoms with van der Waals surface area (Å²) in [6, 6.07) is 19.8. The molecule has 3 aromatic carbocycles. The van der Waals surface area contributed by atoms with Gasteiger partial charge in [0.2, 0.25) is 0 Å². The number of H-pyrrole nitrogens is 1. The molecule has 0 aliphatic carbocycles. The first-order chi connectivity index (χ1) is 13.6. The summed E-state index contributed by atoms with van der Waals surface area (Å²) in [5, 5.41) is 7.27. The Labute approximate surface area is 170 Å². The summed E-state index contributed by atoms with van der Waals surface area (Å²) in [7, 11) is 0. The van der Waals surface area contributed by atoms with Gasteiger partial charge in [0.05, 0.1) is 10.7 Å². The molecule has 0 spiro atoms. The molecule has 1 aromatic heterocycles. The van der Waals surface area contributed by atoms with Crippen LogP contribution in [0.15, 0.2) is 70.2 Å². The SMILES string of the molecule is Cc1[nH]c2ccccc2c1C=NNC(=O)COc1ccc2ccccc2c1Br. The molecule has 0 aliphatic rings. The van der Waals surface area contributed by atoms with Crippen LogP contribution in [0.4, 0.5) is 0 Å². The molecular weight excluding hydrogens is 418 g/mol. The van der Waals surface area contributed by atoms with Gasteiger partial charge in [0.15, 0.2) is 6.61 Å². The number of rotatable bonds is 5. The zero-order chi connectivity index (χ0) is 19.5. The summed E-state index contributed by atoms with van der Waals surface area (Å²) in [5.41, 5.74) is 5.50. The van der Waals surface area contributed by atoms with E-state index in [2.05, 4.69) is 31.4 Å². The van der Waals surface area contributed by atoms with Crippen molar-refractivity contribution in [3.63, 3.8) is 0 Å². The van der Waals surface area contributed by atoms with Crippen LogP contribution < -0.4 is 10.2 Å². The number of nitrogens with one attached hydrogen (secondary N) is 2. The van der Waals surface area contributed by atoms with Crippen LogP contribution in [0, 0.1) is 6.92 Å². The maximum atomic E-state index is 12.1. The molecule has 0 aliphatic heterocycles. The van der Waals surface area contributed by atoms with Gasteiger partial charge in [0.25, 0.3) is 5.91 Å². The Balaban J connectivity index is 1.40. The lowest BCUT2D eigenvalue weighted by atomic mass is 10.1. The molecule has 5 nitrogen and oxygen atoms in total. The minimum Gasteiger partial charge on any atom is -0.483 e. The predicted octanol–water partition coefficient (Wildman–Crippen LogP) is 4.92. The summed E-state index contributed by atoms with van der Waals surface area (Å²) >= 11 is 3.55. The standard InChI is InChI=1S/C22H18BrN3O2/c1-14-18(17-8-4-5-9-19(17)25-14)12-24-26-21(27)13-28-20-11-10-15-6-2-3-7-16(15)22(20)23/h2-12,25H,13H2,1H3,(H,26,27). The average molecular weight is 436 g/mol. The van der Waals surface area contributed by atoms with Gasteiger partial charge in [-0.2, -0.15) is 5.10 Å². The van der Waals surface area contributed by atoms with Crippen molar-refractivity contribution in [2.45, 2.75) is 6.92 Å². The van der Waals surface area contributed by atoms with Gasteiger partial charge in [0.1, 0.15) is 5.75 Å². The third-order valence-corrected chi connectivity index (χ3v) is 5.33. The number of fused-ring (bicyclic) bond motifs is 2. The van der Waals surface area contributed by atoms with E-state index in [-0.39, 0.29) is 12.5 Å². The second kappa shape index (κ2) is 7.86. The minimum atomic E-state index is -0.325. The number of hydrazone groups is 1. The Bertz CT molecular complexity index is 1200. The summed E-state index contributed by atoms with van der Waals surface area (Å²) in [6.07, 6.45) is 1.65. The Kier molecular flexibility index (Phi) is 5.12. The summed E-state index contributed by atoms with van der Waals surface area (Å²) < 4.78 is 6.48. The molecule has 4 rings (SSSR count). The molecule has 2 N–H and O–H groups in total. The molecule has 4 aromatic rings. The largest absolute Gasteiger partial charge is 0.483 e. The first-order valence-electron chi connectivity index (χ1n) is 8.83. The zero-order valence-electron chi connectivity index (χ0n) is 15.2. The number of carbonyl (C=O) groups excluding carboxylic acids is 1. The number of aromatic nitrogens is 1. The zero-order valence-corrected chi connectivity index (χ0v) is 16.8. The van der Waals surface area contributed by atoms with Gasteiger partial charge in [-0.15, -0.1) is 0 Å². The quantitative estimate of drug-likeness (QED) is 0.345. The Morgan fingerprint density at radius 2 is 1.86 bits per heavy atom. The van der Waals surface area contributed by atoms with Gasteiger partial charge in [-0.1, -0.05) is 48.5 Å². The normalized spacial score (nSPS) is 11.4. The van der Waals surface area contributed by atoms with E-state index in [1.807, 2.05) is 67.6 Å². The number of aromatic amines is 1. The number of nitrogens with zero attached hydrogens (tertiary/aromatic N) is 1. The van der Waals surface area contributed by atoms with Crippen LogP contribution in [0.25, 0.3) is 21.7 Å². The summed E-state index contributed by atoms with van der Waals surface area (Å²) in [4.78, 5) is 15.4. The third-order valence-electron chi connectivity index (χ3n) is 4.51. The van der Waals surface area contributed by atoms with E-state index in [0.717, 1.165) is 37.4 Å². The fourth-order valence-corrected chi connectivity index (χ4v) is 3.74. The summed E-state index contributed by atoms with van der Waals surface area (Å²) in [5.74, 6) is 0.291. The van der Waals surface area contributed by atoms with Crippen molar-refractivity contribution in [3.8, 4) is 5.75 Å². The van der Waals surface area contributed by atoms with E-state index in [1.165, 1.54) is 0 Å². The molecule has 0 radical (unpaired) electrons. The predicted molar refractivity (Wildman–Crippen MR) is 116 cm³/mol. The van der Waals surface area contributed by atoms with Gasteiger partial charge < -0.3 is 9.72 Å². The van der Waals surface area contributed by atoms with Gasteiger partial charge in [-0.05, 0) is 45.8 Å². The van der Waals surface area contributed by atoms with Crippen LogP contribution in [0.5, 0.6) is 5.75 Å². The van der Waals surface area contributed by atoms with Gasteiger partial charge in [-0.3, -0.25) is 4.79 Å². The van der Waals surface area contributed by atoms with Crippen LogP contribution >= 0.6 is 15.9 Å². The average Bonchev–Trinajstić information content (AvgIpc) is 3.03. The fourth-order valence-electron chi connectivity index (χ4n) is 3.13. The van der Waals surface area contributed by atoms with Crippen LogP contribution in [0.1, 0.15) is 11.3 Å². The topological polar surface area (TPSA) is 66.5 Å². The smallest absolute Gasteiger partial charge is 0.277 e. The molecule has 0 atom stereocenters. The van der Waals surface area contributed by atoms with Crippen molar-refractivity contribution < 1.29 is 9.53 Å². The fraction of sp³-hybridized carbons (Fsp3) is 0.0909. The lowest BCUT2D eigenvalue weighted by Gasteiger charge is -2.09. The van der Waals surface area contributed by atoms with Crippen LogP contribution in [0.2, 0.25) is 0 Å². The van der Waals surface area contributed by atoms with Crippen molar-refractivity contribution in [2.24, 2.45) is 5.10 Å². The van der Waals surface area contributed by atoms with Gasteiger partial charge in [-0.25, -0.2) is 5.43 Å². The van der Waals surface area contributed by atoms with Crippen molar-refractivity contribution in [3.05, 3.63) is 76.4 Å². The molecule has 0 bridgehead atoms. The van der Waals surface area contributed by atoms with Gasteiger partial charge >= 0.3 is 0 Å². The van der Waals surface area contributed by atoms with E-state index >= 15 is 0 Å². The van der Waals surface area contributed by atoms with Crippen molar-refractivity contribution >= 4 is 49.7 Å². The Morgan fingerprint density at radius 3 is 2.71 bits per heavy atom. The number of para-hydroxylation sites is 1. The monoisotopic (exact) mass is 435 g/mol. The number of hydrogen-bond donors (Lipinski definition) is 2. The Morgan fingerprint density at radius 1 is 1.11 bits per heavy atom. The second-order valence-electron chi connectivity index (χ2n) is 6.39. The van der Waals surface area contributed by atoms with Gasteiger partial charge in [0, 0.05) is 22.2 Å². The van der Waals surface area contributed by atoms with E-state index in [4.69, 9.17) is 4.74 Å². The highest BCUT2D eigenvalue weighted by Gasteiger charge is 2.09. The van der Waals surface area contributed by atoms with E-state index in [9.17, 15) is 4.79 Å². The van der Waals surface area contributed by atoms with Crippen LogP contribution in [-0.2, 0) is 4.79 Å². The maximum absolute atomic E-state index is 12.1. The van der Waals surface area contributed by atoms with Crippen molar-refractivity contribution in [1.29, 1.82) is 0 Å². The molecule has 0 saturated carbocycles. The lowest BCUT2D eigenvalue weighted by Crippen LogP contribution is -2.24. The Hall–Kier alpha value is -3.12.